The van der Waals surface area contributed by atoms with E-state index < -0.39 is 5.82 Å². The number of hydrogen-bond acceptors (Lipinski definition) is 7. The number of benzene rings is 2. The number of hydrogen-bond donors (Lipinski definition) is 2. The smallest absolute Gasteiger partial charge is 0.230 e. The predicted molar refractivity (Wildman–Crippen MR) is 128 cm³/mol. The fraction of sp³-hybridized carbons (Fsp3) is 0.280. The summed E-state index contributed by atoms with van der Waals surface area (Å²) in [6.45, 7) is 6.03. The molecule has 2 heterocycles. The van der Waals surface area contributed by atoms with Gasteiger partial charge in [0.15, 0.2) is 0 Å². The van der Waals surface area contributed by atoms with E-state index in [1.807, 2.05) is 20.8 Å². The third-order valence-electron chi connectivity index (χ3n) is 5.07. The molecule has 4 rings (SSSR count). The Labute approximate surface area is 201 Å². The molecule has 0 saturated carbocycles. The van der Waals surface area contributed by atoms with Gasteiger partial charge in [0.1, 0.15) is 30.3 Å². The molecule has 2 aromatic heterocycles. The molecule has 10 heteroatoms. The summed E-state index contributed by atoms with van der Waals surface area (Å²) >= 11 is 0. The van der Waals surface area contributed by atoms with Crippen LogP contribution in [0, 0.1) is 5.82 Å². The van der Waals surface area contributed by atoms with Gasteiger partial charge in [0, 0.05) is 12.3 Å². The average Bonchev–Trinajstić information content (AvgIpc) is 3.29. The third-order valence-corrected chi connectivity index (χ3v) is 5.07. The van der Waals surface area contributed by atoms with Crippen LogP contribution in [-0.2, 0) is 16.8 Å². The van der Waals surface area contributed by atoms with Crippen LogP contribution in [0.3, 0.4) is 0 Å². The number of nitrogens with one attached hydrogen (secondary N) is 1. The monoisotopic (exact) mass is 479 g/mol. The summed E-state index contributed by atoms with van der Waals surface area (Å²) in [5, 5.41) is 16.5. The molecule has 0 saturated heterocycles. The van der Waals surface area contributed by atoms with Crippen molar-refractivity contribution in [2.24, 2.45) is 0 Å². The van der Waals surface area contributed by atoms with Gasteiger partial charge in [-0.15, -0.1) is 0 Å². The Bertz CT molecular complexity index is 1350. The molecular formula is C25H26FN5O4. The zero-order valence-corrected chi connectivity index (χ0v) is 19.7. The molecule has 0 aliphatic rings. The summed E-state index contributed by atoms with van der Waals surface area (Å²) in [6.07, 6.45) is 4.50. The first kappa shape index (κ1) is 24.1. The molecule has 0 fully saturated rings. The minimum Gasteiger partial charge on any atom is -0.491 e. The first-order chi connectivity index (χ1) is 16.7. The number of fused-ring (bicyclic) bond motifs is 1. The minimum atomic E-state index is -0.576. The highest BCUT2D eigenvalue weighted by molar-refractivity contribution is 5.92. The lowest BCUT2D eigenvalue weighted by Gasteiger charge is -2.18. The topological polar surface area (TPSA) is 111 Å². The molecule has 4 aromatic rings. The van der Waals surface area contributed by atoms with E-state index in [2.05, 4.69) is 20.4 Å². The first-order valence-electron chi connectivity index (χ1n) is 11.0. The maximum absolute atomic E-state index is 14.8. The van der Waals surface area contributed by atoms with Gasteiger partial charge in [0.25, 0.3) is 0 Å². The highest BCUT2D eigenvalue weighted by Gasteiger charge is 2.16. The number of aromatic nitrogens is 4. The Morgan fingerprint density at radius 3 is 2.66 bits per heavy atom. The molecule has 9 nitrogen and oxygen atoms in total. The van der Waals surface area contributed by atoms with Crippen LogP contribution in [-0.4, -0.2) is 44.0 Å². The van der Waals surface area contributed by atoms with Crippen molar-refractivity contribution in [3.05, 3.63) is 66.5 Å². The maximum Gasteiger partial charge on any atom is 0.230 e. The first-order valence-corrected chi connectivity index (χ1v) is 11.0. The number of ether oxygens (including phenoxy) is 2. The van der Waals surface area contributed by atoms with Crippen LogP contribution in [0.2, 0.25) is 0 Å². The summed E-state index contributed by atoms with van der Waals surface area (Å²) in [5.74, 6) is 0.0355. The number of anilines is 1. The molecule has 2 N–H and O–H groups in total. The number of aliphatic hydroxyl groups is 1. The molecule has 182 valence electrons. The Balaban J connectivity index is 1.46. The molecule has 0 bridgehead atoms. The largest absolute Gasteiger partial charge is 0.491 e. The molecule has 0 radical (unpaired) electrons. The van der Waals surface area contributed by atoms with Crippen molar-refractivity contribution < 1.29 is 23.8 Å². The van der Waals surface area contributed by atoms with Gasteiger partial charge in [0.05, 0.1) is 41.4 Å². The van der Waals surface area contributed by atoms with Crippen LogP contribution in [0.4, 0.5) is 10.1 Å². The lowest BCUT2D eigenvalue weighted by molar-refractivity contribution is -0.115. The van der Waals surface area contributed by atoms with Crippen molar-refractivity contribution >= 4 is 22.5 Å². The zero-order chi connectivity index (χ0) is 25.0. The Morgan fingerprint density at radius 2 is 1.94 bits per heavy atom. The van der Waals surface area contributed by atoms with Crippen LogP contribution in [0.1, 0.15) is 26.3 Å². The molecule has 1 amide bonds. The fourth-order valence-electron chi connectivity index (χ4n) is 3.33. The van der Waals surface area contributed by atoms with Gasteiger partial charge < -0.3 is 19.9 Å². The van der Waals surface area contributed by atoms with E-state index in [1.165, 1.54) is 18.5 Å². The minimum absolute atomic E-state index is 0.114. The van der Waals surface area contributed by atoms with Gasteiger partial charge >= 0.3 is 0 Å². The van der Waals surface area contributed by atoms with Gasteiger partial charge in [-0.05, 0) is 50.6 Å². The normalized spacial score (nSPS) is 11.5. The molecule has 0 atom stereocenters. The van der Waals surface area contributed by atoms with Crippen molar-refractivity contribution in [2.45, 2.75) is 32.7 Å². The van der Waals surface area contributed by atoms with E-state index in [4.69, 9.17) is 14.6 Å². The summed E-state index contributed by atoms with van der Waals surface area (Å²) in [5.41, 5.74) is 1.18. The number of aliphatic hydroxyl groups excluding tert-OH is 1. The van der Waals surface area contributed by atoms with Crippen molar-refractivity contribution in [1.82, 2.24) is 19.7 Å². The van der Waals surface area contributed by atoms with E-state index in [0.29, 0.717) is 22.3 Å². The van der Waals surface area contributed by atoms with Crippen LogP contribution in [0.15, 0.2) is 55.1 Å². The lowest BCUT2D eigenvalue weighted by atomic mass is 10.1. The van der Waals surface area contributed by atoms with Gasteiger partial charge in [-0.3, -0.25) is 9.48 Å². The molecule has 2 aromatic carbocycles. The highest BCUT2D eigenvalue weighted by atomic mass is 19.1. The van der Waals surface area contributed by atoms with Gasteiger partial charge in [0.2, 0.25) is 11.8 Å². The van der Waals surface area contributed by atoms with Crippen molar-refractivity contribution in [1.29, 1.82) is 0 Å². The molecule has 0 aliphatic heterocycles. The van der Waals surface area contributed by atoms with Gasteiger partial charge in [-0.25, -0.2) is 14.4 Å². The van der Waals surface area contributed by atoms with E-state index in [9.17, 15) is 9.18 Å². The predicted octanol–water partition coefficient (Wildman–Crippen LogP) is 4.07. The molecule has 0 unspecified atom stereocenters. The van der Waals surface area contributed by atoms with Crippen LogP contribution in [0.5, 0.6) is 17.4 Å². The Kier molecular flexibility index (Phi) is 6.92. The SMILES string of the molecule is CC(C)(C)n1cc(NC(=O)Cc2ccc(Oc3ncnc4ccc(OCCO)cc34)cc2F)cn1. The van der Waals surface area contributed by atoms with Gasteiger partial charge in [-0.2, -0.15) is 5.10 Å². The van der Waals surface area contributed by atoms with Crippen LogP contribution in [0.25, 0.3) is 10.9 Å². The van der Waals surface area contributed by atoms with E-state index in [1.54, 1.807) is 41.3 Å². The Morgan fingerprint density at radius 1 is 1.14 bits per heavy atom. The van der Waals surface area contributed by atoms with Crippen molar-refractivity contribution in [2.75, 3.05) is 18.5 Å². The number of carbonyl (C=O) groups is 1. The van der Waals surface area contributed by atoms with E-state index in [-0.39, 0.29) is 48.3 Å². The molecule has 0 aliphatic carbocycles. The molecule has 35 heavy (non-hydrogen) atoms. The molecular weight excluding hydrogens is 453 g/mol. The van der Waals surface area contributed by atoms with Gasteiger partial charge in [-0.1, -0.05) is 6.07 Å². The summed E-state index contributed by atoms with van der Waals surface area (Å²) in [4.78, 5) is 20.8. The second kappa shape index (κ2) is 10.1. The van der Waals surface area contributed by atoms with E-state index in [0.717, 1.165) is 0 Å². The maximum atomic E-state index is 14.8. The number of carbonyl (C=O) groups excluding carboxylic acids is 1. The number of amides is 1. The number of nitrogens with zero attached hydrogens (tertiary/aromatic N) is 4. The Hall–Kier alpha value is -4.05. The summed E-state index contributed by atoms with van der Waals surface area (Å²) in [7, 11) is 0. The van der Waals surface area contributed by atoms with Crippen molar-refractivity contribution in [3.8, 4) is 17.4 Å². The average molecular weight is 480 g/mol. The second-order valence-electron chi connectivity index (χ2n) is 8.85. The number of rotatable bonds is 8. The highest BCUT2D eigenvalue weighted by Crippen LogP contribution is 2.30. The van der Waals surface area contributed by atoms with E-state index >= 15 is 0 Å². The quantitative estimate of drug-likeness (QED) is 0.392. The zero-order valence-electron chi connectivity index (χ0n) is 19.7. The standard InChI is InChI=1S/C25H26FN5O4/c1-25(2,3)31-14-17(13-29-31)30-23(33)10-16-4-5-19(12-21(16)26)35-24-20-11-18(34-9-8-32)6-7-22(20)27-15-28-24/h4-7,11-15,32H,8-10H2,1-3H3,(H,30,33). The second-order valence-corrected chi connectivity index (χ2v) is 8.85. The fourth-order valence-corrected chi connectivity index (χ4v) is 3.33. The van der Waals surface area contributed by atoms with Crippen molar-refractivity contribution in [3.63, 3.8) is 0 Å². The lowest BCUT2D eigenvalue weighted by Crippen LogP contribution is -2.22. The molecule has 0 spiro atoms. The van der Waals surface area contributed by atoms with Crippen LogP contribution >= 0.6 is 0 Å². The summed E-state index contributed by atoms with van der Waals surface area (Å²) in [6, 6.07) is 9.44. The summed E-state index contributed by atoms with van der Waals surface area (Å²) < 4.78 is 27.8. The number of halogens is 1. The van der Waals surface area contributed by atoms with Crippen LogP contribution < -0.4 is 14.8 Å². The third kappa shape index (κ3) is 5.90.